The smallest absolute Gasteiger partial charge is 0.236 e. The van der Waals surface area contributed by atoms with Crippen LogP contribution in [0.15, 0.2) is 0 Å². The zero-order valence-corrected chi connectivity index (χ0v) is 13.5. The van der Waals surface area contributed by atoms with Gasteiger partial charge in [-0.25, -0.2) is 0 Å². The van der Waals surface area contributed by atoms with Crippen LogP contribution in [0, 0.1) is 0 Å². The number of likely N-dealkylation sites (tertiary alicyclic amines) is 1. The summed E-state index contributed by atoms with van der Waals surface area (Å²) in [5.74, 6) is 0.317. The minimum Gasteiger partial charge on any atom is -0.395 e. The van der Waals surface area contributed by atoms with Crippen LogP contribution in [-0.4, -0.2) is 84.2 Å². The third-order valence-corrected chi connectivity index (χ3v) is 4.87. The molecule has 122 valence electrons. The van der Waals surface area contributed by atoms with Gasteiger partial charge in [-0.1, -0.05) is 6.92 Å². The highest BCUT2D eigenvalue weighted by atomic mass is 16.3. The molecule has 0 aromatic rings. The number of β-amino-alcohol motifs (C(OH)–C–C–N with tert-alkyl or cyclic N) is 1. The first kappa shape index (κ1) is 16.7. The van der Waals surface area contributed by atoms with Crippen molar-refractivity contribution in [2.24, 2.45) is 0 Å². The Bertz CT molecular complexity index is 325. The van der Waals surface area contributed by atoms with E-state index in [9.17, 15) is 4.79 Å². The molecular weight excluding hydrogens is 266 g/mol. The number of nitrogens with zero attached hydrogens (tertiary/aromatic N) is 3. The van der Waals surface area contributed by atoms with Crippen LogP contribution in [-0.2, 0) is 4.79 Å². The Labute approximate surface area is 128 Å². The van der Waals surface area contributed by atoms with Gasteiger partial charge in [0.2, 0.25) is 5.91 Å². The number of amides is 1. The molecule has 2 aliphatic rings. The Morgan fingerprint density at radius 2 is 1.81 bits per heavy atom. The topological polar surface area (TPSA) is 47.0 Å². The van der Waals surface area contributed by atoms with Gasteiger partial charge in [0.25, 0.3) is 0 Å². The van der Waals surface area contributed by atoms with Gasteiger partial charge >= 0.3 is 0 Å². The molecule has 1 unspecified atom stereocenters. The van der Waals surface area contributed by atoms with Crippen LogP contribution in [0.4, 0.5) is 0 Å². The summed E-state index contributed by atoms with van der Waals surface area (Å²) in [7, 11) is 0. The summed E-state index contributed by atoms with van der Waals surface area (Å²) in [5.41, 5.74) is 0. The summed E-state index contributed by atoms with van der Waals surface area (Å²) in [5, 5.41) is 9.03. The van der Waals surface area contributed by atoms with E-state index < -0.39 is 0 Å². The molecule has 0 aromatic carbocycles. The fourth-order valence-electron chi connectivity index (χ4n) is 3.58. The van der Waals surface area contributed by atoms with E-state index in [0.717, 1.165) is 58.5 Å². The standard InChI is InChI=1S/C16H31N3O2/c1-2-15-6-3-4-9-19(15)16(21)14-18-8-5-7-17(10-11-18)12-13-20/h15,20H,2-14H2,1H3. The van der Waals surface area contributed by atoms with E-state index >= 15 is 0 Å². The number of piperidine rings is 1. The Balaban J connectivity index is 1.81. The Morgan fingerprint density at radius 3 is 2.57 bits per heavy atom. The minimum absolute atomic E-state index is 0.227. The molecule has 1 atom stereocenters. The minimum atomic E-state index is 0.227. The molecule has 0 aromatic heterocycles. The van der Waals surface area contributed by atoms with E-state index in [4.69, 9.17) is 5.11 Å². The van der Waals surface area contributed by atoms with Gasteiger partial charge in [-0.2, -0.15) is 0 Å². The third-order valence-electron chi connectivity index (χ3n) is 4.87. The molecule has 0 bridgehead atoms. The Hall–Kier alpha value is -0.650. The molecule has 2 heterocycles. The highest BCUT2D eigenvalue weighted by Gasteiger charge is 2.26. The maximum Gasteiger partial charge on any atom is 0.236 e. The van der Waals surface area contributed by atoms with E-state index in [0.29, 0.717) is 18.5 Å². The van der Waals surface area contributed by atoms with E-state index in [1.165, 1.54) is 12.8 Å². The van der Waals surface area contributed by atoms with Crippen molar-refractivity contribution in [1.29, 1.82) is 0 Å². The van der Waals surface area contributed by atoms with Crippen LogP contribution < -0.4 is 0 Å². The van der Waals surface area contributed by atoms with Crippen molar-refractivity contribution in [2.75, 3.05) is 52.4 Å². The first-order valence-corrected chi connectivity index (χ1v) is 8.59. The fourth-order valence-corrected chi connectivity index (χ4v) is 3.58. The van der Waals surface area contributed by atoms with Crippen LogP contribution in [0.5, 0.6) is 0 Å². The van der Waals surface area contributed by atoms with Crippen molar-refractivity contribution in [3.05, 3.63) is 0 Å². The lowest BCUT2D eigenvalue weighted by Gasteiger charge is -2.36. The molecule has 1 N–H and O–H groups in total. The molecule has 2 fully saturated rings. The molecule has 0 radical (unpaired) electrons. The molecule has 0 saturated carbocycles. The summed E-state index contributed by atoms with van der Waals surface area (Å²) in [6.45, 7) is 8.63. The van der Waals surface area contributed by atoms with Gasteiger partial charge in [0, 0.05) is 32.2 Å². The molecular formula is C16H31N3O2. The molecule has 2 rings (SSSR count). The number of rotatable bonds is 5. The van der Waals surface area contributed by atoms with Crippen LogP contribution in [0.25, 0.3) is 0 Å². The first-order chi connectivity index (χ1) is 10.2. The fraction of sp³-hybridized carbons (Fsp3) is 0.938. The van der Waals surface area contributed by atoms with Gasteiger partial charge in [-0.05, 0) is 45.2 Å². The van der Waals surface area contributed by atoms with Crippen LogP contribution in [0.3, 0.4) is 0 Å². The molecule has 5 heteroatoms. The highest BCUT2D eigenvalue weighted by molar-refractivity contribution is 5.78. The van der Waals surface area contributed by atoms with E-state index in [2.05, 4.69) is 21.6 Å². The number of aliphatic hydroxyl groups is 1. The van der Waals surface area contributed by atoms with E-state index in [1.807, 2.05) is 0 Å². The molecule has 21 heavy (non-hydrogen) atoms. The predicted octanol–water partition coefficient (Wildman–Crippen LogP) is 0.778. The van der Waals surface area contributed by atoms with E-state index in [1.54, 1.807) is 0 Å². The summed E-state index contributed by atoms with van der Waals surface area (Å²) < 4.78 is 0. The Morgan fingerprint density at radius 1 is 1.05 bits per heavy atom. The molecule has 0 spiro atoms. The summed E-state index contributed by atoms with van der Waals surface area (Å²) >= 11 is 0. The second kappa shape index (κ2) is 8.71. The Kier molecular flexibility index (Phi) is 6.93. The number of carbonyl (C=O) groups is 1. The lowest BCUT2D eigenvalue weighted by molar-refractivity contribution is -0.136. The van der Waals surface area contributed by atoms with Gasteiger partial charge < -0.3 is 10.0 Å². The van der Waals surface area contributed by atoms with Gasteiger partial charge in [-0.15, -0.1) is 0 Å². The maximum absolute atomic E-state index is 12.6. The third kappa shape index (κ3) is 4.94. The molecule has 0 aliphatic carbocycles. The van der Waals surface area contributed by atoms with Crippen LogP contribution in [0.2, 0.25) is 0 Å². The second-order valence-corrected chi connectivity index (χ2v) is 6.34. The van der Waals surface area contributed by atoms with Crippen LogP contribution in [0.1, 0.15) is 39.0 Å². The normalized spacial score (nSPS) is 25.8. The average Bonchev–Trinajstić information content (AvgIpc) is 2.73. The summed E-state index contributed by atoms with van der Waals surface area (Å²) in [6.07, 6.45) is 5.77. The highest BCUT2D eigenvalue weighted by Crippen LogP contribution is 2.19. The van der Waals surface area contributed by atoms with Gasteiger partial charge in [-0.3, -0.25) is 14.6 Å². The summed E-state index contributed by atoms with van der Waals surface area (Å²) in [6, 6.07) is 0.462. The van der Waals surface area contributed by atoms with Crippen molar-refractivity contribution in [3.8, 4) is 0 Å². The number of hydrogen-bond donors (Lipinski definition) is 1. The van der Waals surface area contributed by atoms with Gasteiger partial charge in [0.05, 0.1) is 13.2 Å². The monoisotopic (exact) mass is 297 g/mol. The van der Waals surface area contributed by atoms with Gasteiger partial charge in [0.15, 0.2) is 0 Å². The van der Waals surface area contributed by atoms with Crippen molar-refractivity contribution in [3.63, 3.8) is 0 Å². The zero-order valence-electron chi connectivity index (χ0n) is 13.5. The summed E-state index contributed by atoms with van der Waals surface area (Å²) in [4.78, 5) is 19.3. The maximum atomic E-state index is 12.6. The lowest BCUT2D eigenvalue weighted by Crippen LogP contribution is -2.48. The molecule has 1 amide bonds. The van der Waals surface area contributed by atoms with Crippen molar-refractivity contribution in [2.45, 2.75) is 45.1 Å². The zero-order chi connectivity index (χ0) is 15.1. The van der Waals surface area contributed by atoms with Crippen molar-refractivity contribution < 1.29 is 9.90 Å². The lowest BCUT2D eigenvalue weighted by atomic mass is 10.00. The number of aliphatic hydroxyl groups excluding tert-OH is 1. The predicted molar refractivity (Wildman–Crippen MR) is 84.2 cm³/mol. The quantitative estimate of drug-likeness (QED) is 0.814. The molecule has 2 saturated heterocycles. The SMILES string of the molecule is CCC1CCCCN1C(=O)CN1CCCN(CCO)CC1. The number of hydrogen-bond acceptors (Lipinski definition) is 4. The van der Waals surface area contributed by atoms with Gasteiger partial charge in [0.1, 0.15) is 0 Å². The average molecular weight is 297 g/mol. The largest absolute Gasteiger partial charge is 0.395 e. The van der Waals surface area contributed by atoms with Crippen molar-refractivity contribution in [1.82, 2.24) is 14.7 Å². The molecule has 2 aliphatic heterocycles. The van der Waals surface area contributed by atoms with E-state index in [-0.39, 0.29) is 6.61 Å². The molecule has 5 nitrogen and oxygen atoms in total. The van der Waals surface area contributed by atoms with Crippen LogP contribution >= 0.6 is 0 Å². The number of carbonyl (C=O) groups excluding carboxylic acids is 1. The first-order valence-electron chi connectivity index (χ1n) is 8.59. The second-order valence-electron chi connectivity index (χ2n) is 6.34. The van der Waals surface area contributed by atoms with Crippen molar-refractivity contribution >= 4 is 5.91 Å².